The fourth-order valence-electron chi connectivity index (χ4n) is 4.49. The summed E-state index contributed by atoms with van der Waals surface area (Å²) in [6.07, 6.45) is -3.24. The molecule has 0 aliphatic heterocycles. The van der Waals surface area contributed by atoms with Crippen molar-refractivity contribution in [3.05, 3.63) is 86.1 Å². The molecule has 0 saturated heterocycles. The summed E-state index contributed by atoms with van der Waals surface area (Å²) < 4.78 is 54.2. The van der Waals surface area contributed by atoms with Gasteiger partial charge in [-0.15, -0.1) is 11.3 Å². The first-order valence-electron chi connectivity index (χ1n) is 12.9. The molecule has 0 spiro atoms. The molecule has 16 heteroatoms. The molecule has 0 radical (unpaired) electrons. The Morgan fingerprint density at radius 3 is 2.57 bits per heavy atom. The van der Waals surface area contributed by atoms with Crippen LogP contribution >= 0.6 is 11.3 Å². The number of furan rings is 1. The molecule has 3 N–H and O–H groups in total. The molecule has 44 heavy (non-hydrogen) atoms. The van der Waals surface area contributed by atoms with Crippen LogP contribution in [-0.4, -0.2) is 31.5 Å². The maximum Gasteiger partial charge on any atom is 0.433 e. The van der Waals surface area contributed by atoms with Crippen molar-refractivity contribution in [1.82, 2.24) is 14.8 Å². The van der Waals surface area contributed by atoms with Crippen molar-refractivity contribution in [2.45, 2.75) is 40.1 Å². The van der Waals surface area contributed by atoms with Gasteiger partial charge in [0.25, 0.3) is 11.8 Å². The number of rotatable bonds is 9. The molecular weight excluding hydrogens is 605 g/mol. The molecule has 0 unspecified atom stereocenters. The third-order valence-corrected chi connectivity index (χ3v) is 7.64. The zero-order valence-electron chi connectivity index (χ0n) is 23.3. The second-order valence-corrected chi connectivity index (χ2v) is 10.6. The number of nitrogens with zero attached hydrogens (tertiary/aromatic N) is 4. The van der Waals surface area contributed by atoms with Gasteiger partial charge < -0.3 is 20.2 Å². The highest BCUT2D eigenvalue weighted by Crippen LogP contribution is 2.44. The van der Waals surface area contributed by atoms with Crippen LogP contribution in [0.3, 0.4) is 0 Å². The number of benzene rings is 1. The van der Waals surface area contributed by atoms with Crippen molar-refractivity contribution in [1.29, 1.82) is 0 Å². The second kappa shape index (κ2) is 11.4. The van der Waals surface area contributed by atoms with Crippen LogP contribution in [0.25, 0.3) is 21.3 Å². The van der Waals surface area contributed by atoms with E-state index in [4.69, 9.17) is 14.9 Å². The van der Waals surface area contributed by atoms with Gasteiger partial charge in [-0.05, 0) is 56.2 Å². The van der Waals surface area contributed by atoms with E-state index in [1.54, 1.807) is 30.8 Å². The zero-order valence-corrected chi connectivity index (χ0v) is 24.1. The number of nitro benzene ring substituents is 1. The van der Waals surface area contributed by atoms with Gasteiger partial charge in [-0.1, -0.05) is 6.07 Å². The van der Waals surface area contributed by atoms with Crippen molar-refractivity contribution in [2.24, 2.45) is 5.73 Å². The van der Waals surface area contributed by atoms with E-state index in [9.17, 15) is 32.9 Å². The van der Waals surface area contributed by atoms with Crippen LogP contribution in [0, 0.1) is 24.0 Å². The van der Waals surface area contributed by atoms with Gasteiger partial charge in [0, 0.05) is 29.8 Å². The number of anilines is 1. The highest BCUT2D eigenvalue weighted by molar-refractivity contribution is 7.21. The average molecular weight is 629 g/mol. The number of halogens is 3. The minimum Gasteiger partial charge on any atom is -0.479 e. The van der Waals surface area contributed by atoms with E-state index in [1.165, 1.54) is 24.3 Å². The highest BCUT2D eigenvalue weighted by atomic mass is 32.1. The normalized spacial score (nSPS) is 11.6. The zero-order chi connectivity index (χ0) is 31.9. The number of nitrogens with two attached hydrogens (primary N) is 1. The lowest BCUT2D eigenvalue weighted by Gasteiger charge is -2.11. The predicted molar refractivity (Wildman–Crippen MR) is 154 cm³/mol. The fourth-order valence-corrected chi connectivity index (χ4v) is 5.49. The Bertz CT molecular complexity index is 1940. The number of amides is 2. The van der Waals surface area contributed by atoms with Gasteiger partial charge in [-0.25, -0.2) is 4.98 Å². The number of carbonyl (C=O) groups excluding carboxylic acids is 2. The molecule has 0 saturated carbocycles. The minimum atomic E-state index is -4.80. The van der Waals surface area contributed by atoms with E-state index in [2.05, 4.69) is 15.4 Å². The Balaban J connectivity index is 1.51. The Hall–Kier alpha value is -5.25. The third-order valence-electron chi connectivity index (χ3n) is 6.54. The maximum absolute atomic E-state index is 13.8. The number of aromatic nitrogens is 3. The van der Waals surface area contributed by atoms with Gasteiger partial charge >= 0.3 is 11.9 Å². The minimum absolute atomic E-state index is 0.00112. The second-order valence-electron chi connectivity index (χ2n) is 9.62. The van der Waals surface area contributed by atoms with Crippen LogP contribution in [0.15, 0.2) is 47.0 Å². The first-order valence-corrected chi connectivity index (χ1v) is 13.7. The summed E-state index contributed by atoms with van der Waals surface area (Å²) in [6.45, 7) is 5.33. The summed E-state index contributed by atoms with van der Waals surface area (Å²) in [6, 6.07) is 8.01. The largest absolute Gasteiger partial charge is 0.479 e. The Morgan fingerprint density at radius 1 is 1.18 bits per heavy atom. The number of alkyl halides is 3. The van der Waals surface area contributed by atoms with Gasteiger partial charge in [0.05, 0.1) is 16.3 Å². The Kier molecular flexibility index (Phi) is 7.86. The Morgan fingerprint density at radius 2 is 1.93 bits per heavy atom. The van der Waals surface area contributed by atoms with Gasteiger partial charge in [0.15, 0.2) is 11.5 Å². The molecule has 5 rings (SSSR count). The van der Waals surface area contributed by atoms with Crippen LogP contribution in [0.4, 0.5) is 24.5 Å². The van der Waals surface area contributed by atoms with E-state index in [1.807, 2.05) is 6.92 Å². The summed E-state index contributed by atoms with van der Waals surface area (Å²) >= 11 is 0.609. The number of ether oxygens (including phenoxy) is 1. The number of nitrogens with one attached hydrogen (secondary N) is 1. The maximum atomic E-state index is 13.8. The summed E-state index contributed by atoms with van der Waals surface area (Å²) in [5.74, 6) is -1.91. The monoisotopic (exact) mass is 628 g/mol. The lowest BCUT2D eigenvalue weighted by molar-refractivity contribution is -0.386. The van der Waals surface area contributed by atoms with Gasteiger partial charge in [0.2, 0.25) is 0 Å². The molecule has 0 fully saturated rings. The lowest BCUT2D eigenvalue weighted by Crippen LogP contribution is -2.16. The molecule has 0 aliphatic rings. The number of primary amides is 1. The first kappa shape index (κ1) is 30.2. The SMILES string of the molecule is CCn1cc(-c2cc(C(F)(F)F)nc3sc(C(N)=O)c(NC(=O)c4ccc(COc5ccc(C)cc5[N+](=O)[O-])o4)c23)c(C)n1. The lowest BCUT2D eigenvalue weighted by atomic mass is 10.0. The van der Waals surface area contributed by atoms with Crippen molar-refractivity contribution in [3.63, 3.8) is 0 Å². The topological polar surface area (TPSA) is 168 Å². The molecule has 0 aliphatic carbocycles. The summed E-state index contributed by atoms with van der Waals surface area (Å²) in [4.78, 5) is 39.8. The van der Waals surface area contributed by atoms with Crippen LogP contribution in [-0.2, 0) is 19.3 Å². The van der Waals surface area contributed by atoms with Gasteiger partial charge in [0.1, 0.15) is 27.8 Å². The molecule has 12 nitrogen and oxygen atoms in total. The molecule has 4 heterocycles. The first-order chi connectivity index (χ1) is 20.8. The third kappa shape index (κ3) is 5.83. The van der Waals surface area contributed by atoms with E-state index in [-0.39, 0.29) is 55.9 Å². The molecule has 0 atom stereocenters. The number of hydrogen-bond donors (Lipinski definition) is 2. The number of fused-ring (bicyclic) bond motifs is 1. The summed E-state index contributed by atoms with van der Waals surface area (Å²) in [5, 5.41) is 18.3. The van der Waals surface area contributed by atoms with Crippen molar-refractivity contribution >= 4 is 44.7 Å². The summed E-state index contributed by atoms with van der Waals surface area (Å²) in [7, 11) is 0. The molecule has 5 aromatic rings. The number of nitro groups is 1. The van der Waals surface area contributed by atoms with Crippen LogP contribution in [0.1, 0.15) is 49.9 Å². The average Bonchev–Trinajstić information content (AvgIpc) is 3.68. The predicted octanol–water partition coefficient (Wildman–Crippen LogP) is 6.25. The van der Waals surface area contributed by atoms with E-state index in [0.717, 1.165) is 6.07 Å². The van der Waals surface area contributed by atoms with Gasteiger partial charge in [-0.2, -0.15) is 18.3 Å². The number of carbonyl (C=O) groups is 2. The van der Waals surface area contributed by atoms with Crippen LogP contribution in [0.2, 0.25) is 0 Å². The van der Waals surface area contributed by atoms with Gasteiger partial charge in [-0.3, -0.25) is 24.4 Å². The molecular formula is C28H23F3N6O6S. The van der Waals surface area contributed by atoms with Crippen LogP contribution in [0.5, 0.6) is 5.75 Å². The molecule has 0 bridgehead atoms. The highest BCUT2D eigenvalue weighted by Gasteiger charge is 2.35. The number of aryl methyl sites for hydroxylation is 3. The van der Waals surface area contributed by atoms with Crippen molar-refractivity contribution < 1.29 is 36.8 Å². The quantitative estimate of drug-likeness (QED) is 0.143. The smallest absolute Gasteiger partial charge is 0.433 e. The van der Waals surface area contributed by atoms with Crippen molar-refractivity contribution in [3.8, 4) is 16.9 Å². The standard InChI is InChI=1S/C28H23F3N6O6S/c1-4-36-11-17(14(3)35-36)16-10-21(28(29,30)31)33-27-22(16)23(24(44-27)25(32)38)34-26(39)20-8-6-15(43-20)12-42-19-7-5-13(2)9-18(19)37(40)41/h5-11H,4,12H2,1-3H3,(H2,32,38)(H,34,39). The molecule has 1 aromatic carbocycles. The summed E-state index contributed by atoms with van der Waals surface area (Å²) in [5.41, 5.74) is 5.48. The van der Waals surface area contributed by atoms with Crippen LogP contribution < -0.4 is 15.8 Å². The molecule has 4 aromatic heterocycles. The van der Waals surface area contributed by atoms with Crippen molar-refractivity contribution in [2.75, 3.05) is 5.32 Å². The number of hydrogen-bond acceptors (Lipinski definition) is 9. The van der Waals surface area contributed by atoms with E-state index >= 15 is 0 Å². The van der Waals surface area contributed by atoms with E-state index in [0.29, 0.717) is 34.7 Å². The number of thiophene rings is 1. The van der Waals surface area contributed by atoms with E-state index < -0.39 is 28.6 Å². The molecule has 2 amide bonds. The molecule has 228 valence electrons. The number of pyridine rings is 1. The fraction of sp³-hybridized carbons (Fsp3) is 0.214. The Labute approximate surface area is 250 Å².